The average molecular weight is 237 g/mol. The van der Waals surface area contributed by atoms with Crippen LogP contribution < -0.4 is 5.32 Å². The Balaban J connectivity index is 2.17. The molecular formula is C16H31N. The third-order valence-electron chi connectivity index (χ3n) is 4.01. The summed E-state index contributed by atoms with van der Waals surface area (Å²) in [5.41, 5.74) is 0.253. The van der Waals surface area contributed by atoms with Crippen molar-refractivity contribution in [3.8, 4) is 0 Å². The SMILES string of the molecule is CC1CCC(C=CCCNC(C)(C)C)CC1C. The lowest BCUT2D eigenvalue weighted by Crippen LogP contribution is -2.36. The van der Waals surface area contributed by atoms with Crippen molar-refractivity contribution in [2.75, 3.05) is 6.54 Å². The van der Waals surface area contributed by atoms with Gasteiger partial charge in [0.1, 0.15) is 0 Å². The number of rotatable bonds is 4. The Morgan fingerprint density at radius 2 is 1.82 bits per heavy atom. The Hall–Kier alpha value is -0.300. The van der Waals surface area contributed by atoms with Gasteiger partial charge in [-0.05, 0) is 70.8 Å². The molecule has 0 bridgehead atoms. The third-order valence-corrected chi connectivity index (χ3v) is 4.01. The van der Waals surface area contributed by atoms with E-state index in [0.29, 0.717) is 0 Å². The van der Waals surface area contributed by atoms with Crippen molar-refractivity contribution in [3.05, 3.63) is 12.2 Å². The van der Waals surface area contributed by atoms with Gasteiger partial charge in [-0.2, -0.15) is 0 Å². The third kappa shape index (κ3) is 6.26. The van der Waals surface area contributed by atoms with Gasteiger partial charge in [0.25, 0.3) is 0 Å². The van der Waals surface area contributed by atoms with E-state index in [-0.39, 0.29) is 5.54 Å². The smallest absolute Gasteiger partial charge is 0.00966 e. The van der Waals surface area contributed by atoms with Crippen LogP contribution in [-0.2, 0) is 0 Å². The molecule has 0 aliphatic heterocycles. The summed E-state index contributed by atoms with van der Waals surface area (Å²) in [7, 11) is 0. The van der Waals surface area contributed by atoms with Gasteiger partial charge in [0.2, 0.25) is 0 Å². The van der Waals surface area contributed by atoms with Gasteiger partial charge < -0.3 is 5.32 Å². The van der Waals surface area contributed by atoms with Crippen molar-refractivity contribution in [1.82, 2.24) is 5.32 Å². The number of hydrogen-bond donors (Lipinski definition) is 1. The van der Waals surface area contributed by atoms with Gasteiger partial charge >= 0.3 is 0 Å². The van der Waals surface area contributed by atoms with E-state index < -0.39 is 0 Å². The molecule has 1 saturated carbocycles. The van der Waals surface area contributed by atoms with E-state index in [1.807, 2.05) is 0 Å². The summed E-state index contributed by atoms with van der Waals surface area (Å²) in [4.78, 5) is 0. The lowest BCUT2D eigenvalue weighted by Gasteiger charge is -2.30. The largest absolute Gasteiger partial charge is 0.312 e. The maximum Gasteiger partial charge on any atom is 0.00966 e. The van der Waals surface area contributed by atoms with Crippen molar-refractivity contribution in [3.63, 3.8) is 0 Å². The monoisotopic (exact) mass is 237 g/mol. The summed E-state index contributed by atoms with van der Waals surface area (Å²) in [5, 5.41) is 3.52. The molecule has 3 atom stereocenters. The molecule has 1 nitrogen and oxygen atoms in total. The van der Waals surface area contributed by atoms with Crippen molar-refractivity contribution in [2.24, 2.45) is 17.8 Å². The minimum Gasteiger partial charge on any atom is -0.312 e. The molecule has 0 heterocycles. The highest BCUT2D eigenvalue weighted by Gasteiger charge is 2.22. The number of allylic oxidation sites excluding steroid dienone is 1. The Morgan fingerprint density at radius 3 is 2.41 bits per heavy atom. The molecule has 0 aromatic rings. The molecule has 0 spiro atoms. The second-order valence-corrected chi connectivity index (χ2v) is 6.92. The second-order valence-electron chi connectivity index (χ2n) is 6.92. The van der Waals surface area contributed by atoms with Crippen LogP contribution in [0.3, 0.4) is 0 Å². The van der Waals surface area contributed by atoms with Crippen LogP contribution in [-0.4, -0.2) is 12.1 Å². The van der Waals surface area contributed by atoms with Gasteiger partial charge in [0.15, 0.2) is 0 Å². The fourth-order valence-electron chi connectivity index (χ4n) is 2.58. The first-order chi connectivity index (χ1) is 7.88. The van der Waals surface area contributed by atoms with Gasteiger partial charge in [-0.3, -0.25) is 0 Å². The summed E-state index contributed by atoms with van der Waals surface area (Å²) < 4.78 is 0. The summed E-state index contributed by atoms with van der Waals surface area (Å²) in [6.07, 6.45) is 10.2. The fraction of sp³-hybridized carbons (Fsp3) is 0.875. The highest BCUT2D eigenvalue weighted by molar-refractivity contribution is 4.92. The Bertz CT molecular complexity index is 236. The maximum absolute atomic E-state index is 3.52. The summed E-state index contributed by atoms with van der Waals surface area (Å²) >= 11 is 0. The van der Waals surface area contributed by atoms with Crippen LogP contribution in [0.15, 0.2) is 12.2 Å². The quantitative estimate of drug-likeness (QED) is 0.565. The molecule has 1 rings (SSSR count). The Morgan fingerprint density at radius 1 is 1.12 bits per heavy atom. The van der Waals surface area contributed by atoms with Crippen LogP contribution >= 0.6 is 0 Å². The molecule has 1 fully saturated rings. The van der Waals surface area contributed by atoms with Gasteiger partial charge in [-0.25, -0.2) is 0 Å². The van der Waals surface area contributed by atoms with Crippen molar-refractivity contribution >= 4 is 0 Å². The van der Waals surface area contributed by atoms with E-state index in [1.54, 1.807) is 0 Å². The van der Waals surface area contributed by atoms with Crippen LogP contribution in [0.1, 0.15) is 60.3 Å². The molecule has 100 valence electrons. The van der Waals surface area contributed by atoms with Crippen LogP contribution in [0.4, 0.5) is 0 Å². The molecule has 1 aliphatic carbocycles. The molecule has 0 amide bonds. The van der Waals surface area contributed by atoms with E-state index in [0.717, 1.165) is 30.7 Å². The minimum atomic E-state index is 0.253. The lowest BCUT2D eigenvalue weighted by molar-refractivity contribution is 0.236. The Labute approximate surface area is 108 Å². The predicted octanol–water partition coefficient (Wildman–Crippen LogP) is 4.39. The first-order valence-corrected chi connectivity index (χ1v) is 7.30. The molecule has 17 heavy (non-hydrogen) atoms. The van der Waals surface area contributed by atoms with Crippen LogP contribution in [0.2, 0.25) is 0 Å². The predicted molar refractivity (Wildman–Crippen MR) is 77.2 cm³/mol. The van der Waals surface area contributed by atoms with Gasteiger partial charge in [-0.1, -0.05) is 26.0 Å². The van der Waals surface area contributed by atoms with Crippen LogP contribution in [0.5, 0.6) is 0 Å². The molecule has 0 aromatic carbocycles. The van der Waals surface area contributed by atoms with E-state index >= 15 is 0 Å². The van der Waals surface area contributed by atoms with Crippen LogP contribution in [0, 0.1) is 17.8 Å². The lowest BCUT2D eigenvalue weighted by atomic mass is 9.76. The molecule has 3 unspecified atom stereocenters. The van der Waals surface area contributed by atoms with Crippen molar-refractivity contribution in [2.45, 2.75) is 65.8 Å². The van der Waals surface area contributed by atoms with E-state index in [4.69, 9.17) is 0 Å². The molecular weight excluding hydrogens is 206 g/mol. The maximum atomic E-state index is 3.52. The average Bonchev–Trinajstić information content (AvgIpc) is 2.21. The van der Waals surface area contributed by atoms with Gasteiger partial charge in [0, 0.05) is 5.54 Å². The van der Waals surface area contributed by atoms with Crippen molar-refractivity contribution in [1.29, 1.82) is 0 Å². The fourth-order valence-corrected chi connectivity index (χ4v) is 2.58. The molecule has 1 aliphatic rings. The zero-order valence-electron chi connectivity index (χ0n) is 12.4. The van der Waals surface area contributed by atoms with E-state index in [2.05, 4.69) is 52.1 Å². The van der Waals surface area contributed by atoms with Gasteiger partial charge in [0.05, 0.1) is 0 Å². The first kappa shape index (κ1) is 14.8. The molecule has 0 aromatic heterocycles. The number of hydrogen-bond acceptors (Lipinski definition) is 1. The highest BCUT2D eigenvalue weighted by atomic mass is 14.9. The molecule has 0 radical (unpaired) electrons. The van der Waals surface area contributed by atoms with Gasteiger partial charge in [-0.15, -0.1) is 0 Å². The molecule has 0 saturated heterocycles. The second kappa shape index (κ2) is 6.58. The molecule has 1 heteroatoms. The zero-order valence-corrected chi connectivity index (χ0v) is 12.4. The Kier molecular flexibility index (Phi) is 5.72. The first-order valence-electron chi connectivity index (χ1n) is 7.30. The summed E-state index contributed by atoms with van der Waals surface area (Å²) in [6, 6.07) is 0. The highest BCUT2D eigenvalue weighted by Crippen LogP contribution is 2.33. The van der Waals surface area contributed by atoms with Crippen LogP contribution in [0.25, 0.3) is 0 Å². The number of nitrogens with one attached hydrogen (secondary N) is 1. The summed E-state index contributed by atoms with van der Waals surface area (Å²) in [6.45, 7) is 12.6. The zero-order chi connectivity index (χ0) is 12.9. The minimum absolute atomic E-state index is 0.253. The van der Waals surface area contributed by atoms with E-state index in [1.165, 1.54) is 19.3 Å². The topological polar surface area (TPSA) is 12.0 Å². The molecule has 1 N–H and O–H groups in total. The standard InChI is InChI=1S/C16H31N/c1-13-9-10-15(12-14(13)2)8-6-7-11-17-16(3,4)5/h6,8,13-15,17H,7,9-12H2,1-5H3. The normalized spacial score (nSPS) is 31.0. The van der Waals surface area contributed by atoms with Crippen molar-refractivity contribution < 1.29 is 0 Å². The van der Waals surface area contributed by atoms with E-state index in [9.17, 15) is 0 Å². The summed E-state index contributed by atoms with van der Waals surface area (Å²) in [5.74, 6) is 2.68.